The molecule has 1 heterocycles. The predicted octanol–water partition coefficient (Wildman–Crippen LogP) is 2.76. The topological polar surface area (TPSA) is 147 Å². The number of esters is 1. The van der Waals surface area contributed by atoms with E-state index in [2.05, 4.69) is 4.99 Å². The Kier molecular flexibility index (Phi) is 6.58. The molecule has 6 N–H and O–H groups in total. The number of benzene rings is 2. The van der Waals surface area contributed by atoms with Crippen LogP contribution in [0.2, 0.25) is 0 Å². The average Bonchev–Trinajstić information content (AvgIpc) is 2.80. The first-order valence-corrected chi connectivity index (χ1v) is 11.1. The van der Waals surface area contributed by atoms with Crippen LogP contribution in [-0.4, -0.2) is 35.3 Å². The molecule has 34 heavy (non-hydrogen) atoms. The number of hydrogen-bond acceptors (Lipinski definition) is 6. The molecule has 0 atom stereocenters. The second-order valence-corrected chi connectivity index (χ2v) is 8.21. The number of amides is 1. The van der Waals surface area contributed by atoms with Crippen LogP contribution in [-0.2, 0) is 14.3 Å². The third-order valence-electron chi connectivity index (χ3n) is 5.90. The van der Waals surface area contributed by atoms with Crippen molar-refractivity contribution in [1.29, 1.82) is 0 Å². The SMILES string of the molecule is CCOC(=O)C1CC(N=C(N)/C(C(N)=O)=C(\N)c2ccc3ccc(-c4ccccc4)nc3c2)C1. The van der Waals surface area contributed by atoms with Gasteiger partial charge in [-0.05, 0) is 31.9 Å². The molecule has 0 radical (unpaired) electrons. The molecule has 1 aliphatic rings. The molecule has 4 rings (SSSR count). The molecule has 2 aromatic carbocycles. The highest BCUT2D eigenvalue weighted by molar-refractivity contribution is 6.24. The maximum Gasteiger partial charge on any atom is 0.309 e. The number of fused-ring (bicyclic) bond motifs is 1. The first kappa shape index (κ1) is 23.0. The molecule has 0 bridgehead atoms. The Bertz CT molecular complexity index is 1290. The molecule has 0 unspecified atom stereocenters. The van der Waals surface area contributed by atoms with Gasteiger partial charge in [0.1, 0.15) is 11.4 Å². The summed E-state index contributed by atoms with van der Waals surface area (Å²) in [4.78, 5) is 33.2. The molecule has 1 saturated carbocycles. The van der Waals surface area contributed by atoms with Crippen molar-refractivity contribution in [2.45, 2.75) is 25.8 Å². The quantitative estimate of drug-likeness (QED) is 0.215. The summed E-state index contributed by atoms with van der Waals surface area (Å²) in [6.45, 7) is 2.10. The van der Waals surface area contributed by atoms with Gasteiger partial charge in [0, 0.05) is 16.5 Å². The number of hydrogen-bond donors (Lipinski definition) is 3. The largest absolute Gasteiger partial charge is 0.466 e. The molecule has 1 fully saturated rings. The van der Waals surface area contributed by atoms with Crippen LogP contribution < -0.4 is 17.2 Å². The highest BCUT2D eigenvalue weighted by Gasteiger charge is 2.36. The van der Waals surface area contributed by atoms with E-state index < -0.39 is 5.91 Å². The molecule has 8 heteroatoms. The predicted molar refractivity (Wildman–Crippen MR) is 132 cm³/mol. The Morgan fingerprint density at radius 2 is 1.74 bits per heavy atom. The lowest BCUT2D eigenvalue weighted by atomic mass is 9.80. The number of carbonyl (C=O) groups is 2. The molecule has 0 spiro atoms. The molecule has 0 saturated heterocycles. The molecule has 8 nitrogen and oxygen atoms in total. The molecular weight excluding hydrogens is 430 g/mol. The fourth-order valence-corrected chi connectivity index (χ4v) is 4.00. The summed E-state index contributed by atoms with van der Waals surface area (Å²) < 4.78 is 5.02. The van der Waals surface area contributed by atoms with Crippen molar-refractivity contribution >= 4 is 34.3 Å². The van der Waals surface area contributed by atoms with Crippen LogP contribution in [0, 0.1) is 5.92 Å². The van der Waals surface area contributed by atoms with Gasteiger partial charge in [-0.15, -0.1) is 0 Å². The van der Waals surface area contributed by atoms with Gasteiger partial charge in [0.05, 0.1) is 35.5 Å². The van der Waals surface area contributed by atoms with E-state index in [0.717, 1.165) is 22.2 Å². The highest BCUT2D eigenvalue weighted by Crippen LogP contribution is 2.32. The van der Waals surface area contributed by atoms with E-state index in [0.29, 0.717) is 25.0 Å². The maximum atomic E-state index is 12.2. The number of amidine groups is 1. The van der Waals surface area contributed by atoms with E-state index >= 15 is 0 Å². The first-order chi connectivity index (χ1) is 16.4. The van der Waals surface area contributed by atoms with E-state index in [1.165, 1.54) is 0 Å². The Morgan fingerprint density at radius 1 is 1.03 bits per heavy atom. The van der Waals surface area contributed by atoms with Gasteiger partial charge in [0.25, 0.3) is 5.91 Å². The van der Waals surface area contributed by atoms with Gasteiger partial charge in [-0.2, -0.15) is 0 Å². The Balaban J connectivity index is 1.63. The van der Waals surface area contributed by atoms with E-state index in [4.69, 9.17) is 26.9 Å². The van der Waals surface area contributed by atoms with Crippen LogP contribution in [0.3, 0.4) is 0 Å². The highest BCUT2D eigenvalue weighted by atomic mass is 16.5. The van der Waals surface area contributed by atoms with Crippen LogP contribution in [0.5, 0.6) is 0 Å². The fourth-order valence-electron chi connectivity index (χ4n) is 4.00. The van der Waals surface area contributed by atoms with E-state index in [1.54, 1.807) is 19.1 Å². The molecule has 174 valence electrons. The molecular formula is C26H27N5O3. The van der Waals surface area contributed by atoms with Gasteiger partial charge >= 0.3 is 5.97 Å². The number of rotatable bonds is 7. The van der Waals surface area contributed by atoms with Gasteiger partial charge in [0.15, 0.2) is 0 Å². The van der Waals surface area contributed by atoms with Crippen LogP contribution >= 0.6 is 0 Å². The summed E-state index contributed by atoms with van der Waals surface area (Å²) in [7, 11) is 0. The number of pyridine rings is 1. The van der Waals surface area contributed by atoms with Gasteiger partial charge in [-0.1, -0.05) is 48.5 Å². The number of aromatic nitrogens is 1. The monoisotopic (exact) mass is 457 g/mol. The fraction of sp³-hybridized carbons (Fsp3) is 0.231. The minimum absolute atomic E-state index is 0.0385. The minimum atomic E-state index is -0.772. The van der Waals surface area contributed by atoms with Crippen molar-refractivity contribution in [3.63, 3.8) is 0 Å². The molecule has 0 aliphatic heterocycles. The number of primary amides is 1. The summed E-state index contributed by atoms with van der Waals surface area (Å²) in [5.41, 5.74) is 21.3. The smallest absolute Gasteiger partial charge is 0.309 e. The van der Waals surface area contributed by atoms with Crippen molar-refractivity contribution in [3.05, 3.63) is 71.8 Å². The van der Waals surface area contributed by atoms with Crippen molar-refractivity contribution in [2.75, 3.05) is 6.61 Å². The third-order valence-corrected chi connectivity index (χ3v) is 5.90. The Hall–Kier alpha value is -4.20. The zero-order chi connectivity index (χ0) is 24.2. The van der Waals surface area contributed by atoms with Crippen LogP contribution in [0.15, 0.2) is 71.2 Å². The van der Waals surface area contributed by atoms with Gasteiger partial charge < -0.3 is 21.9 Å². The summed E-state index contributed by atoms with van der Waals surface area (Å²) in [6.07, 6.45) is 1.02. The van der Waals surface area contributed by atoms with E-state index in [9.17, 15) is 9.59 Å². The van der Waals surface area contributed by atoms with Crippen LogP contribution in [0.4, 0.5) is 0 Å². The lowest BCUT2D eigenvalue weighted by Gasteiger charge is -2.30. The maximum absolute atomic E-state index is 12.2. The first-order valence-electron chi connectivity index (χ1n) is 11.1. The third kappa shape index (κ3) is 4.76. The molecule has 1 amide bonds. The second-order valence-electron chi connectivity index (χ2n) is 8.21. The van der Waals surface area contributed by atoms with Gasteiger partial charge in [-0.3, -0.25) is 14.6 Å². The molecule has 3 aromatic rings. The molecule has 1 aromatic heterocycles. The Morgan fingerprint density at radius 3 is 2.41 bits per heavy atom. The number of nitrogens with two attached hydrogens (primary N) is 3. The van der Waals surface area contributed by atoms with Crippen molar-refractivity contribution in [2.24, 2.45) is 28.1 Å². The van der Waals surface area contributed by atoms with Gasteiger partial charge in [0.2, 0.25) is 0 Å². The van der Waals surface area contributed by atoms with Crippen molar-refractivity contribution < 1.29 is 14.3 Å². The summed E-state index contributed by atoms with van der Waals surface area (Å²) in [5, 5.41) is 0.929. The van der Waals surface area contributed by atoms with Crippen molar-refractivity contribution in [1.82, 2.24) is 4.98 Å². The number of aliphatic imine (C=N–C) groups is 1. The Labute approximate surface area is 197 Å². The van der Waals surface area contributed by atoms with Gasteiger partial charge in [-0.25, -0.2) is 4.98 Å². The number of nitrogens with zero attached hydrogens (tertiary/aromatic N) is 2. The normalized spacial score (nSPS) is 18.7. The van der Waals surface area contributed by atoms with Crippen molar-refractivity contribution in [3.8, 4) is 11.3 Å². The molecule has 1 aliphatic carbocycles. The minimum Gasteiger partial charge on any atom is -0.466 e. The lowest BCUT2D eigenvalue weighted by Crippen LogP contribution is -2.37. The van der Waals surface area contributed by atoms with Crippen LogP contribution in [0.1, 0.15) is 25.3 Å². The number of carbonyl (C=O) groups excluding carboxylic acids is 2. The average molecular weight is 458 g/mol. The summed E-state index contributed by atoms with van der Waals surface area (Å²) >= 11 is 0. The zero-order valence-electron chi connectivity index (χ0n) is 18.9. The lowest BCUT2D eigenvalue weighted by molar-refractivity contribution is -0.151. The van der Waals surface area contributed by atoms with E-state index in [1.807, 2.05) is 48.5 Å². The summed E-state index contributed by atoms with van der Waals surface area (Å²) in [6, 6.07) is 19.0. The second kappa shape index (κ2) is 9.74. The number of ether oxygens (including phenoxy) is 1. The standard InChI is InChI=1S/C26H27N5O3/c1-2-34-26(33)18-12-19(13-18)30-24(28)22(25(29)32)23(27)17-9-8-16-10-11-20(31-21(16)14-17)15-6-4-3-5-7-15/h3-11,14,18-19H,2,12-13,27H2,1H3,(H2,28,30)(H2,29,32)/b23-22+. The van der Waals surface area contributed by atoms with E-state index in [-0.39, 0.29) is 35.0 Å². The zero-order valence-corrected chi connectivity index (χ0v) is 18.9. The summed E-state index contributed by atoms with van der Waals surface area (Å²) in [5.74, 6) is -1.25. The van der Waals surface area contributed by atoms with Crippen LogP contribution in [0.25, 0.3) is 27.9 Å².